The van der Waals surface area contributed by atoms with Crippen LogP contribution >= 0.6 is 11.6 Å². The molecule has 96 valence electrons. The van der Waals surface area contributed by atoms with E-state index in [1.54, 1.807) is 18.2 Å². The van der Waals surface area contributed by atoms with Gasteiger partial charge in [-0.1, -0.05) is 29.8 Å². The van der Waals surface area contributed by atoms with E-state index in [2.05, 4.69) is 0 Å². The monoisotopic (exact) mass is 273 g/mol. The molecule has 0 heterocycles. The Hall–Kier alpha value is -1.80. The molecule has 2 N–H and O–H groups in total. The Morgan fingerprint density at radius 1 is 1.16 bits per heavy atom. The van der Waals surface area contributed by atoms with Gasteiger partial charge < -0.3 is 5.73 Å². The topological polar surface area (TPSA) is 26.0 Å². The first-order valence-corrected chi connectivity index (χ1v) is 6.56. The number of halogens is 2. The molecular formula is C16H13ClFN. The van der Waals surface area contributed by atoms with Gasteiger partial charge in [-0.3, -0.25) is 0 Å². The fourth-order valence-electron chi connectivity index (χ4n) is 2.51. The van der Waals surface area contributed by atoms with Gasteiger partial charge in [0, 0.05) is 11.3 Å². The number of hydrogen-bond donors (Lipinski definition) is 1. The summed E-state index contributed by atoms with van der Waals surface area (Å²) >= 11 is 5.80. The number of nitrogen functional groups attached to an aromatic ring is 1. The van der Waals surface area contributed by atoms with Crippen molar-refractivity contribution < 1.29 is 4.39 Å². The van der Waals surface area contributed by atoms with E-state index in [9.17, 15) is 4.39 Å². The van der Waals surface area contributed by atoms with Crippen LogP contribution in [0.15, 0.2) is 36.4 Å². The summed E-state index contributed by atoms with van der Waals surface area (Å²) in [6.45, 7) is 0. The summed E-state index contributed by atoms with van der Waals surface area (Å²) in [5, 5.41) is 0.157. The third kappa shape index (κ3) is 2.24. The summed E-state index contributed by atoms with van der Waals surface area (Å²) in [7, 11) is 0. The largest absolute Gasteiger partial charge is 0.399 e. The van der Waals surface area contributed by atoms with Crippen molar-refractivity contribution >= 4 is 28.9 Å². The normalized spacial score (nSPS) is 15.8. The smallest absolute Gasteiger partial charge is 0.149 e. The van der Waals surface area contributed by atoms with Gasteiger partial charge in [-0.05, 0) is 53.8 Å². The van der Waals surface area contributed by atoms with Crippen molar-refractivity contribution in [2.24, 2.45) is 0 Å². The van der Waals surface area contributed by atoms with Crippen LogP contribution in [-0.2, 0) is 6.42 Å². The Balaban J connectivity index is 2.06. The molecule has 0 radical (unpaired) electrons. The van der Waals surface area contributed by atoms with E-state index in [0.29, 0.717) is 5.56 Å². The van der Waals surface area contributed by atoms with Gasteiger partial charge in [0.1, 0.15) is 5.82 Å². The summed E-state index contributed by atoms with van der Waals surface area (Å²) in [4.78, 5) is 0. The van der Waals surface area contributed by atoms with E-state index in [-0.39, 0.29) is 10.8 Å². The zero-order valence-electron chi connectivity index (χ0n) is 10.3. The van der Waals surface area contributed by atoms with Gasteiger partial charge in [-0.25, -0.2) is 4.39 Å². The highest BCUT2D eigenvalue weighted by Gasteiger charge is 2.16. The molecule has 0 saturated carbocycles. The third-order valence-corrected chi connectivity index (χ3v) is 3.74. The van der Waals surface area contributed by atoms with Gasteiger partial charge in [0.05, 0.1) is 5.02 Å². The SMILES string of the molecule is Nc1ccc2c(c1)CC/C2=C\c1cccc(Cl)c1F. The Morgan fingerprint density at radius 2 is 2.00 bits per heavy atom. The van der Waals surface area contributed by atoms with Gasteiger partial charge in [0.25, 0.3) is 0 Å². The van der Waals surface area contributed by atoms with Crippen molar-refractivity contribution in [2.45, 2.75) is 12.8 Å². The predicted octanol–water partition coefficient (Wildman–Crippen LogP) is 4.55. The number of nitrogens with two attached hydrogens (primary N) is 1. The van der Waals surface area contributed by atoms with E-state index in [0.717, 1.165) is 29.7 Å². The Morgan fingerprint density at radius 3 is 2.84 bits per heavy atom. The number of aryl methyl sites for hydroxylation is 1. The van der Waals surface area contributed by atoms with Crippen LogP contribution < -0.4 is 5.73 Å². The standard InChI is InChI=1S/C16H13ClFN/c17-15-3-1-2-12(16(15)18)8-10-4-5-11-9-13(19)6-7-14(10)11/h1-3,6-9H,4-5,19H2/b10-8+. The maximum atomic E-state index is 13.9. The second kappa shape index (κ2) is 4.71. The maximum Gasteiger partial charge on any atom is 0.149 e. The van der Waals surface area contributed by atoms with Gasteiger partial charge in [-0.2, -0.15) is 0 Å². The van der Waals surface area contributed by atoms with Crippen molar-refractivity contribution in [1.82, 2.24) is 0 Å². The lowest BCUT2D eigenvalue weighted by Crippen LogP contribution is -1.88. The molecule has 0 fully saturated rings. The fourth-order valence-corrected chi connectivity index (χ4v) is 2.69. The number of rotatable bonds is 1. The van der Waals surface area contributed by atoms with Crippen LogP contribution in [0.5, 0.6) is 0 Å². The summed E-state index contributed by atoms with van der Waals surface area (Å²) in [6, 6.07) is 10.9. The molecule has 3 rings (SSSR count). The lowest BCUT2D eigenvalue weighted by atomic mass is 10.0. The zero-order chi connectivity index (χ0) is 13.4. The minimum absolute atomic E-state index is 0.157. The van der Waals surface area contributed by atoms with E-state index >= 15 is 0 Å². The van der Waals surface area contributed by atoms with Gasteiger partial charge in [0.15, 0.2) is 0 Å². The molecule has 2 aromatic rings. The number of fused-ring (bicyclic) bond motifs is 1. The second-order valence-electron chi connectivity index (χ2n) is 4.73. The molecule has 0 saturated heterocycles. The van der Waals surface area contributed by atoms with Crippen molar-refractivity contribution in [3.8, 4) is 0 Å². The average molecular weight is 274 g/mol. The Bertz CT molecular complexity index is 676. The predicted molar refractivity (Wildman–Crippen MR) is 78.5 cm³/mol. The first-order valence-electron chi connectivity index (χ1n) is 6.18. The van der Waals surface area contributed by atoms with E-state index in [1.165, 1.54) is 5.56 Å². The van der Waals surface area contributed by atoms with Crippen molar-refractivity contribution in [3.05, 3.63) is 63.9 Å². The van der Waals surface area contributed by atoms with Gasteiger partial charge >= 0.3 is 0 Å². The van der Waals surface area contributed by atoms with Crippen LogP contribution in [0.2, 0.25) is 5.02 Å². The van der Waals surface area contributed by atoms with Crippen LogP contribution in [0.4, 0.5) is 10.1 Å². The summed E-state index contributed by atoms with van der Waals surface area (Å²) < 4.78 is 13.9. The molecule has 19 heavy (non-hydrogen) atoms. The molecule has 1 nitrogen and oxygen atoms in total. The van der Waals surface area contributed by atoms with Crippen molar-refractivity contribution in [2.75, 3.05) is 5.73 Å². The first-order chi connectivity index (χ1) is 9.15. The van der Waals surface area contributed by atoms with Crippen LogP contribution in [0.25, 0.3) is 11.6 Å². The molecule has 0 aromatic heterocycles. The van der Waals surface area contributed by atoms with Crippen molar-refractivity contribution in [1.29, 1.82) is 0 Å². The van der Waals surface area contributed by atoms with E-state index < -0.39 is 0 Å². The molecular weight excluding hydrogens is 261 g/mol. The number of benzene rings is 2. The lowest BCUT2D eigenvalue weighted by molar-refractivity contribution is 0.625. The molecule has 1 aliphatic rings. The van der Waals surface area contributed by atoms with Gasteiger partial charge in [-0.15, -0.1) is 0 Å². The number of hydrogen-bond acceptors (Lipinski definition) is 1. The molecule has 0 atom stereocenters. The van der Waals surface area contributed by atoms with Crippen LogP contribution in [0, 0.1) is 5.82 Å². The molecule has 2 aromatic carbocycles. The van der Waals surface area contributed by atoms with E-state index in [4.69, 9.17) is 17.3 Å². The average Bonchev–Trinajstić information content (AvgIpc) is 2.77. The second-order valence-corrected chi connectivity index (χ2v) is 5.14. The molecule has 0 aliphatic heterocycles. The molecule has 0 amide bonds. The summed E-state index contributed by atoms with van der Waals surface area (Å²) in [6.07, 6.45) is 3.74. The lowest BCUT2D eigenvalue weighted by Gasteiger charge is -2.04. The molecule has 0 unspecified atom stereocenters. The minimum Gasteiger partial charge on any atom is -0.399 e. The first kappa shape index (κ1) is 12.2. The Labute approximate surface area is 116 Å². The molecule has 0 bridgehead atoms. The van der Waals surface area contributed by atoms with Gasteiger partial charge in [0.2, 0.25) is 0 Å². The van der Waals surface area contributed by atoms with Crippen LogP contribution in [0.3, 0.4) is 0 Å². The van der Waals surface area contributed by atoms with E-state index in [1.807, 2.05) is 24.3 Å². The number of allylic oxidation sites excluding steroid dienone is 1. The number of anilines is 1. The maximum absolute atomic E-state index is 13.9. The quantitative estimate of drug-likeness (QED) is 0.758. The minimum atomic E-state index is -0.361. The third-order valence-electron chi connectivity index (χ3n) is 3.45. The summed E-state index contributed by atoms with van der Waals surface area (Å²) in [5.41, 5.74) is 10.6. The van der Waals surface area contributed by atoms with Crippen LogP contribution in [0.1, 0.15) is 23.1 Å². The Kier molecular flexibility index (Phi) is 3.03. The zero-order valence-corrected chi connectivity index (χ0v) is 11.0. The highest BCUT2D eigenvalue weighted by Crippen LogP contribution is 2.35. The molecule has 3 heteroatoms. The molecule has 0 spiro atoms. The highest BCUT2D eigenvalue weighted by molar-refractivity contribution is 6.30. The fraction of sp³-hybridized carbons (Fsp3) is 0.125. The highest BCUT2D eigenvalue weighted by atomic mass is 35.5. The summed E-state index contributed by atoms with van der Waals surface area (Å²) in [5.74, 6) is -0.361. The van der Waals surface area contributed by atoms with Crippen LogP contribution in [-0.4, -0.2) is 0 Å². The molecule has 1 aliphatic carbocycles. The van der Waals surface area contributed by atoms with Crippen molar-refractivity contribution in [3.63, 3.8) is 0 Å².